The Balaban J connectivity index is 1.40. The van der Waals surface area contributed by atoms with E-state index in [9.17, 15) is 4.79 Å². The summed E-state index contributed by atoms with van der Waals surface area (Å²) in [7, 11) is 0. The van der Waals surface area contributed by atoms with Crippen LogP contribution in [0.3, 0.4) is 0 Å². The molecule has 3 saturated heterocycles. The lowest BCUT2D eigenvalue weighted by Crippen LogP contribution is -2.54. The van der Waals surface area contributed by atoms with Gasteiger partial charge in [-0.3, -0.25) is 9.69 Å². The molecular weight excluding hydrogens is 312 g/mol. The molecule has 3 fully saturated rings. The van der Waals surface area contributed by atoms with Crippen LogP contribution in [0.25, 0.3) is 0 Å². The van der Waals surface area contributed by atoms with Crippen molar-refractivity contribution >= 4 is 18.4 Å². The highest BCUT2D eigenvalue weighted by Crippen LogP contribution is 2.19. The van der Waals surface area contributed by atoms with Gasteiger partial charge in [-0.2, -0.15) is 0 Å². The van der Waals surface area contributed by atoms with E-state index in [-0.39, 0.29) is 0 Å². The smallest absolute Gasteiger partial charge is 0.210 e. The first-order chi connectivity index (χ1) is 11.3. The van der Waals surface area contributed by atoms with E-state index < -0.39 is 0 Å². The number of carbonyl (C=O) groups is 1. The van der Waals surface area contributed by atoms with E-state index in [0.717, 1.165) is 71.2 Å². The van der Waals surface area contributed by atoms with Gasteiger partial charge in [-0.1, -0.05) is 11.9 Å². The number of ether oxygens (including phenoxy) is 1. The van der Waals surface area contributed by atoms with Crippen LogP contribution in [0.5, 0.6) is 0 Å². The van der Waals surface area contributed by atoms with Crippen LogP contribution < -0.4 is 0 Å². The zero-order valence-corrected chi connectivity index (χ0v) is 14.9. The van der Waals surface area contributed by atoms with Crippen LogP contribution in [0, 0.1) is 0 Å². The van der Waals surface area contributed by atoms with Gasteiger partial charge in [0.2, 0.25) is 6.41 Å². The minimum absolute atomic E-state index is 0.357. The molecule has 6 nitrogen and oxygen atoms in total. The van der Waals surface area contributed by atoms with E-state index in [4.69, 9.17) is 4.74 Å². The predicted octanol–water partition coefficient (Wildman–Crippen LogP) is 0.205. The third-order valence-corrected chi connectivity index (χ3v) is 6.14. The van der Waals surface area contributed by atoms with Gasteiger partial charge in [0.25, 0.3) is 0 Å². The van der Waals surface area contributed by atoms with Gasteiger partial charge >= 0.3 is 0 Å². The normalized spacial score (nSPS) is 28.3. The Kier molecular flexibility index (Phi) is 7.01. The number of nitrogens with zero attached hydrogens (tertiary/aromatic N) is 4. The number of carbonyl (C=O) groups excluding carboxylic acids is 1. The molecule has 0 saturated carbocycles. The average molecular weight is 343 g/mol. The van der Waals surface area contributed by atoms with Crippen LogP contribution >= 0.6 is 11.9 Å². The zero-order chi connectivity index (χ0) is 15.9. The van der Waals surface area contributed by atoms with Crippen molar-refractivity contribution in [3.63, 3.8) is 0 Å². The molecule has 3 aliphatic heterocycles. The summed E-state index contributed by atoms with van der Waals surface area (Å²) < 4.78 is 7.87. The molecule has 0 radical (unpaired) electrons. The van der Waals surface area contributed by atoms with Crippen LogP contribution in [0.15, 0.2) is 0 Å². The molecule has 0 aromatic heterocycles. The fraction of sp³-hybridized carbons (Fsp3) is 0.938. The fourth-order valence-corrected chi connectivity index (χ4v) is 4.73. The molecule has 3 heterocycles. The third-order valence-electron chi connectivity index (χ3n) is 5.08. The van der Waals surface area contributed by atoms with Crippen molar-refractivity contribution in [3.05, 3.63) is 0 Å². The highest BCUT2D eigenvalue weighted by molar-refractivity contribution is 7.97. The Hall–Kier alpha value is -0.340. The van der Waals surface area contributed by atoms with Gasteiger partial charge in [0.05, 0.1) is 19.3 Å². The fourth-order valence-electron chi connectivity index (χ4n) is 3.65. The quantitative estimate of drug-likeness (QED) is 0.486. The van der Waals surface area contributed by atoms with Crippen molar-refractivity contribution in [2.75, 3.05) is 77.9 Å². The van der Waals surface area contributed by atoms with Gasteiger partial charge in [-0.15, -0.1) is 0 Å². The van der Waals surface area contributed by atoms with Crippen molar-refractivity contribution in [2.45, 2.75) is 18.9 Å². The summed E-state index contributed by atoms with van der Waals surface area (Å²) in [6, 6.07) is 0.357. The number of piperazine rings is 1. The molecule has 0 aromatic carbocycles. The van der Waals surface area contributed by atoms with E-state index in [1.165, 1.54) is 25.9 Å². The number of amides is 1. The molecule has 0 spiro atoms. The Bertz CT molecular complexity index is 362. The number of morpholine rings is 1. The van der Waals surface area contributed by atoms with Crippen LogP contribution in [-0.4, -0.2) is 109 Å². The third kappa shape index (κ3) is 5.32. The second-order valence-corrected chi connectivity index (χ2v) is 7.86. The highest BCUT2D eigenvalue weighted by atomic mass is 32.2. The van der Waals surface area contributed by atoms with E-state index in [2.05, 4.69) is 14.1 Å². The number of hydrogen-bond donors (Lipinski definition) is 0. The van der Waals surface area contributed by atoms with Gasteiger partial charge in [-0.05, 0) is 25.9 Å². The Morgan fingerprint density at radius 1 is 1.00 bits per heavy atom. The van der Waals surface area contributed by atoms with Crippen LogP contribution in [0.1, 0.15) is 12.8 Å². The summed E-state index contributed by atoms with van der Waals surface area (Å²) in [5, 5.41) is 0. The molecule has 0 N–H and O–H groups in total. The first-order valence-corrected chi connectivity index (χ1v) is 9.91. The molecule has 23 heavy (non-hydrogen) atoms. The predicted molar refractivity (Wildman–Crippen MR) is 93.5 cm³/mol. The van der Waals surface area contributed by atoms with Gasteiger partial charge in [0.15, 0.2) is 0 Å². The lowest BCUT2D eigenvalue weighted by molar-refractivity contribution is -0.122. The Labute approximate surface area is 144 Å². The maximum atomic E-state index is 11.3. The Morgan fingerprint density at radius 3 is 2.52 bits per heavy atom. The van der Waals surface area contributed by atoms with E-state index in [1.807, 2.05) is 16.8 Å². The van der Waals surface area contributed by atoms with Crippen LogP contribution in [0.4, 0.5) is 0 Å². The summed E-state index contributed by atoms with van der Waals surface area (Å²) in [5.41, 5.74) is 0. The molecule has 0 unspecified atom stereocenters. The van der Waals surface area contributed by atoms with Crippen molar-refractivity contribution in [1.29, 1.82) is 0 Å². The lowest BCUT2D eigenvalue weighted by Gasteiger charge is -2.40. The molecule has 132 valence electrons. The maximum absolute atomic E-state index is 11.3. The Morgan fingerprint density at radius 2 is 1.78 bits per heavy atom. The van der Waals surface area contributed by atoms with Crippen molar-refractivity contribution in [2.24, 2.45) is 0 Å². The van der Waals surface area contributed by atoms with Crippen LogP contribution in [0.2, 0.25) is 0 Å². The average Bonchev–Trinajstić information content (AvgIpc) is 3.09. The van der Waals surface area contributed by atoms with Crippen LogP contribution in [-0.2, 0) is 9.53 Å². The molecule has 0 bridgehead atoms. The molecule has 1 amide bonds. The summed E-state index contributed by atoms with van der Waals surface area (Å²) in [6.07, 6.45) is 3.67. The van der Waals surface area contributed by atoms with E-state index in [0.29, 0.717) is 6.04 Å². The molecule has 3 aliphatic rings. The molecular formula is C16H30N4O2S. The number of likely N-dealkylation sites (tertiary alicyclic amines) is 1. The summed E-state index contributed by atoms with van der Waals surface area (Å²) in [4.78, 5) is 18.3. The topological polar surface area (TPSA) is 39.3 Å². The maximum Gasteiger partial charge on any atom is 0.210 e. The van der Waals surface area contributed by atoms with Gasteiger partial charge < -0.3 is 14.5 Å². The summed E-state index contributed by atoms with van der Waals surface area (Å²) in [6.45, 7) is 11.3. The number of hydrogen-bond acceptors (Lipinski definition) is 6. The first kappa shape index (κ1) is 17.5. The second kappa shape index (κ2) is 9.22. The zero-order valence-electron chi connectivity index (χ0n) is 14.1. The van der Waals surface area contributed by atoms with Crippen molar-refractivity contribution in [3.8, 4) is 0 Å². The lowest BCUT2D eigenvalue weighted by atomic mass is 10.2. The molecule has 3 rings (SSSR count). The van der Waals surface area contributed by atoms with E-state index >= 15 is 0 Å². The summed E-state index contributed by atoms with van der Waals surface area (Å²) in [5.74, 6) is 1.14. The van der Waals surface area contributed by atoms with Gasteiger partial charge in [-0.25, -0.2) is 4.31 Å². The second-order valence-electron chi connectivity index (χ2n) is 6.68. The minimum Gasteiger partial charge on any atom is -0.379 e. The first-order valence-electron chi connectivity index (χ1n) is 8.96. The largest absolute Gasteiger partial charge is 0.379 e. The number of rotatable bonds is 7. The molecule has 0 aromatic rings. The van der Waals surface area contributed by atoms with Crippen molar-refractivity contribution in [1.82, 2.24) is 19.0 Å². The minimum atomic E-state index is 0.357. The van der Waals surface area contributed by atoms with E-state index in [1.54, 1.807) is 0 Å². The monoisotopic (exact) mass is 342 g/mol. The van der Waals surface area contributed by atoms with Crippen molar-refractivity contribution < 1.29 is 9.53 Å². The van der Waals surface area contributed by atoms with Gasteiger partial charge in [0, 0.05) is 51.6 Å². The molecule has 7 heteroatoms. The summed E-state index contributed by atoms with van der Waals surface area (Å²) >= 11 is 1.95. The molecule has 1 atom stereocenters. The highest BCUT2D eigenvalue weighted by Gasteiger charge is 2.28. The SMILES string of the molecule is O=CN1CCN(SCCN2CCOCC2)C[C@@H]1CN1CCCC1. The molecule has 0 aliphatic carbocycles. The van der Waals surface area contributed by atoms with Gasteiger partial charge in [0.1, 0.15) is 0 Å². The standard InChI is InChI=1S/C16H30N4O2S/c21-15-19-5-6-20(14-16(19)13-18-3-1-2-4-18)23-12-9-17-7-10-22-11-8-17/h15-16H,1-14H2/t16-/m0/s1.